The van der Waals surface area contributed by atoms with E-state index < -0.39 is 0 Å². The second kappa shape index (κ2) is 4.34. The van der Waals surface area contributed by atoms with Crippen molar-refractivity contribution in [1.82, 2.24) is 14.6 Å². The summed E-state index contributed by atoms with van der Waals surface area (Å²) in [6.45, 7) is 1.86. The van der Waals surface area contributed by atoms with Crippen LogP contribution in [0.1, 0.15) is 5.69 Å². The van der Waals surface area contributed by atoms with Crippen LogP contribution in [0.2, 0.25) is 0 Å². The summed E-state index contributed by atoms with van der Waals surface area (Å²) in [4.78, 5) is 4.19. The molecular weight excluding hydrogens is 225 g/mol. The molecule has 0 aliphatic rings. The number of nitrogens with two attached hydrogens (primary N) is 2. The number of nitrogen functional groups attached to an aromatic ring is 2. The molecule has 7 heteroatoms. The molecule has 0 radical (unpaired) electrons. The zero-order chi connectivity index (χ0) is 8.72. The van der Waals surface area contributed by atoms with Crippen LogP contribution in [0, 0.1) is 6.92 Å². The van der Waals surface area contributed by atoms with E-state index in [1.165, 1.54) is 10.7 Å². The first-order valence-corrected chi connectivity index (χ1v) is 3.55. The summed E-state index contributed by atoms with van der Waals surface area (Å²) in [6.07, 6.45) is 1.54. The monoisotopic (exact) mass is 235 g/mol. The molecule has 2 rings (SSSR count). The van der Waals surface area contributed by atoms with Gasteiger partial charge in [0.1, 0.15) is 5.82 Å². The molecule has 78 valence electrons. The van der Waals surface area contributed by atoms with Gasteiger partial charge in [0.25, 0.3) is 0 Å². The maximum Gasteiger partial charge on any atom is 0.180 e. The predicted molar refractivity (Wildman–Crippen MR) is 61.0 cm³/mol. The van der Waals surface area contributed by atoms with Crippen LogP contribution in [0.5, 0.6) is 0 Å². The molecule has 2 heterocycles. The van der Waals surface area contributed by atoms with Crippen molar-refractivity contribution in [2.75, 3.05) is 11.5 Å². The number of aromatic nitrogens is 3. The van der Waals surface area contributed by atoms with Crippen LogP contribution in [0.4, 0.5) is 11.5 Å². The van der Waals surface area contributed by atoms with Crippen molar-refractivity contribution in [3.8, 4) is 0 Å². The number of aryl methyl sites for hydroxylation is 1. The van der Waals surface area contributed by atoms with Gasteiger partial charge in [-0.1, -0.05) is 0 Å². The lowest BCUT2D eigenvalue weighted by Gasteiger charge is -1.99. The van der Waals surface area contributed by atoms with Gasteiger partial charge in [-0.2, -0.15) is 9.61 Å². The molecule has 5 nitrogen and oxygen atoms in total. The molecule has 0 atom stereocenters. The van der Waals surface area contributed by atoms with Crippen LogP contribution >= 0.6 is 24.8 Å². The molecule has 0 fully saturated rings. The van der Waals surface area contributed by atoms with Gasteiger partial charge in [-0.05, 0) is 6.92 Å². The number of halogens is 2. The minimum absolute atomic E-state index is 0. The van der Waals surface area contributed by atoms with Gasteiger partial charge in [0.05, 0.1) is 11.9 Å². The highest BCUT2D eigenvalue weighted by Crippen LogP contribution is 2.13. The number of nitrogens with zero attached hydrogens (tertiary/aromatic N) is 3. The molecule has 0 aliphatic heterocycles. The maximum absolute atomic E-state index is 5.68. The number of rotatable bonds is 0. The molecule has 0 aromatic carbocycles. The van der Waals surface area contributed by atoms with Gasteiger partial charge < -0.3 is 11.5 Å². The van der Waals surface area contributed by atoms with E-state index in [4.69, 9.17) is 11.5 Å². The Kier molecular flexibility index (Phi) is 3.97. The highest BCUT2D eigenvalue weighted by molar-refractivity contribution is 5.85. The molecule has 0 spiro atoms. The lowest BCUT2D eigenvalue weighted by molar-refractivity contribution is 0.942. The lowest BCUT2D eigenvalue weighted by atomic mass is 10.4. The number of fused-ring (bicyclic) bond motifs is 1. The highest BCUT2D eigenvalue weighted by Gasteiger charge is 2.04. The normalized spacial score (nSPS) is 9.21. The second-order valence-corrected chi connectivity index (χ2v) is 2.66. The minimum atomic E-state index is 0. The summed E-state index contributed by atoms with van der Waals surface area (Å²) < 4.78 is 1.52. The minimum Gasteiger partial charge on any atom is -0.394 e. The Morgan fingerprint density at radius 2 is 1.93 bits per heavy atom. The lowest BCUT2D eigenvalue weighted by Crippen LogP contribution is -2.01. The fourth-order valence-electron chi connectivity index (χ4n) is 1.13. The van der Waals surface area contributed by atoms with Gasteiger partial charge >= 0.3 is 0 Å². The smallest absolute Gasteiger partial charge is 0.180 e. The van der Waals surface area contributed by atoms with Crippen LogP contribution in [-0.4, -0.2) is 14.6 Å². The molecule has 14 heavy (non-hydrogen) atoms. The Balaban J connectivity index is 0.000000845. The van der Waals surface area contributed by atoms with Gasteiger partial charge in [0.15, 0.2) is 5.65 Å². The van der Waals surface area contributed by atoms with E-state index >= 15 is 0 Å². The van der Waals surface area contributed by atoms with E-state index in [2.05, 4.69) is 10.1 Å². The first-order chi connectivity index (χ1) is 5.68. The fraction of sp³-hybridized carbons (Fsp3) is 0.143. The molecule has 2 aromatic heterocycles. The largest absolute Gasteiger partial charge is 0.394 e. The molecule has 4 N–H and O–H groups in total. The third-order valence-electron chi connectivity index (χ3n) is 1.65. The van der Waals surface area contributed by atoms with Crippen LogP contribution in [0.3, 0.4) is 0 Å². The zero-order valence-corrected chi connectivity index (χ0v) is 9.10. The first-order valence-electron chi connectivity index (χ1n) is 3.55. The van der Waals surface area contributed by atoms with E-state index in [0.29, 0.717) is 17.2 Å². The SMILES string of the molecule is Cc1cc(N)n2ncc(N)c2n1.Cl.Cl. The van der Waals surface area contributed by atoms with E-state index in [0.717, 1.165) is 5.69 Å². The molecule has 0 aliphatic carbocycles. The average Bonchev–Trinajstić information content (AvgIpc) is 2.33. The molecule has 0 amide bonds. The Labute approximate surface area is 93.3 Å². The fourth-order valence-corrected chi connectivity index (χ4v) is 1.13. The molecule has 0 saturated heterocycles. The molecule has 0 saturated carbocycles. The second-order valence-electron chi connectivity index (χ2n) is 2.66. The topological polar surface area (TPSA) is 82.2 Å². The van der Waals surface area contributed by atoms with Crippen molar-refractivity contribution in [2.45, 2.75) is 6.92 Å². The van der Waals surface area contributed by atoms with Gasteiger partial charge in [-0.15, -0.1) is 24.8 Å². The quantitative estimate of drug-likeness (QED) is 0.716. The standard InChI is InChI=1S/C7H9N5.2ClH/c1-4-2-6(9)12-7(11-4)5(8)3-10-12;;/h2-3H,8-9H2,1H3;2*1H. The Morgan fingerprint density at radius 3 is 2.57 bits per heavy atom. The van der Waals surface area contributed by atoms with E-state index in [1.807, 2.05) is 6.92 Å². The van der Waals surface area contributed by atoms with Gasteiger partial charge in [-0.25, -0.2) is 4.98 Å². The van der Waals surface area contributed by atoms with E-state index in [9.17, 15) is 0 Å². The van der Waals surface area contributed by atoms with Gasteiger partial charge in [0, 0.05) is 11.8 Å². The molecule has 2 aromatic rings. The molecule has 0 bridgehead atoms. The van der Waals surface area contributed by atoms with Crippen LogP contribution in [-0.2, 0) is 0 Å². The van der Waals surface area contributed by atoms with Crippen LogP contribution < -0.4 is 11.5 Å². The molecule has 0 unspecified atom stereocenters. The third-order valence-corrected chi connectivity index (χ3v) is 1.65. The summed E-state index contributed by atoms with van der Waals surface area (Å²) in [7, 11) is 0. The van der Waals surface area contributed by atoms with E-state index in [1.54, 1.807) is 6.07 Å². The maximum atomic E-state index is 5.68. The van der Waals surface area contributed by atoms with Crippen molar-refractivity contribution < 1.29 is 0 Å². The van der Waals surface area contributed by atoms with Gasteiger partial charge in [-0.3, -0.25) is 0 Å². The van der Waals surface area contributed by atoms with Crippen molar-refractivity contribution >= 4 is 42.0 Å². The predicted octanol–water partition coefficient (Wildman–Crippen LogP) is 1.05. The van der Waals surface area contributed by atoms with Crippen molar-refractivity contribution in [2.24, 2.45) is 0 Å². The first kappa shape index (κ1) is 12.8. The number of anilines is 2. The summed E-state index contributed by atoms with van der Waals surface area (Å²) in [5.41, 5.74) is 13.3. The summed E-state index contributed by atoms with van der Waals surface area (Å²) in [6, 6.07) is 1.75. The van der Waals surface area contributed by atoms with Crippen molar-refractivity contribution in [1.29, 1.82) is 0 Å². The van der Waals surface area contributed by atoms with Crippen LogP contribution in [0.15, 0.2) is 12.3 Å². The summed E-state index contributed by atoms with van der Waals surface area (Å²) in [5, 5.41) is 3.96. The highest BCUT2D eigenvalue weighted by atomic mass is 35.5. The zero-order valence-electron chi connectivity index (χ0n) is 7.47. The average molecular weight is 236 g/mol. The Bertz CT molecular complexity index is 439. The third kappa shape index (κ3) is 1.83. The number of hydrogen-bond acceptors (Lipinski definition) is 4. The van der Waals surface area contributed by atoms with Crippen molar-refractivity contribution in [3.63, 3.8) is 0 Å². The Morgan fingerprint density at radius 1 is 1.29 bits per heavy atom. The van der Waals surface area contributed by atoms with Gasteiger partial charge in [0.2, 0.25) is 0 Å². The number of hydrogen-bond donors (Lipinski definition) is 2. The summed E-state index contributed by atoms with van der Waals surface area (Å²) in [5.74, 6) is 0.550. The van der Waals surface area contributed by atoms with Crippen molar-refractivity contribution in [3.05, 3.63) is 18.0 Å². The van der Waals surface area contributed by atoms with Crippen LogP contribution in [0.25, 0.3) is 5.65 Å². The van der Waals surface area contributed by atoms with E-state index in [-0.39, 0.29) is 24.8 Å². The summed E-state index contributed by atoms with van der Waals surface area (Å²) >= 11 is 0. The Hall–Kier alpha value is -1.20. The molecular formula is C7H11Cl2N5.